The summed E-state index contributed by atoms with van der Waals surface area (Å²) in [5.41, 5.74) is 2.57. The number of hydrogen-bond donors (Lipinski definition) is 2. The fourth-order valence-electron chi connectivity index (χ4n) is 2.97. The quantitative estimate of drug-likeness (QED) is 0.714. The van der Waals surface area contributed by atoms with Crippen molar-refractivity contribution in [2.75, 3.05) is 10.6 Å². The van der Waals surface area contributed by atoms with Gasteiger partial charge < -0.3 is 15.1 Å². The second kappa shape index (κ2) is 7.07. The predicted molar refractivity (Wildman–Crippen MR) is 102 cm³/mol. The maximum atomic E-state index is 12.6. The van der Waals surface area contributed by atoms with E-state index >= 15 is 0 Å². The summed E-state index contributed by atoms with van der Waals surface area (Å²) in [4.78, 5) is 28.6. The van der Waals surface area contributed by atoms with E-state index < -0.39 is 0 Å². The summed E-state index contributed by atoms with van der Waals surface area (Å²) in [7, 11) is 0. The second-order valence-corrected chi connectivity index (χ2v) is 6.79. The molecule has 0 bridgehead atoms. The molecule has 2 unspecified atom stereocenters. The number of benzene rings is 2. The molecular weight excluding hydrogens is 342 g/mol. The van der Waals surface area contributed by atoms with Gasteiger partial charge in [-0.1, -0.05) is 25.1 Å². The minimum Gasteiger partial charge on any atom is -0.444 e. The third-order valence-corrected chi connectivity index (χ3v) is 4.68. The van der Waals surface area contributed by atoms with Gasteiger partial charge in [0.25, 0.3) is 5.91 Å². The average Bonchev–Trinajstić information content (AvgIpc) is 3.17. The van der Waals surface area contributed by atoms with Crippen LogP contribution in [-0.4, -0.2) is 16.8 Å². The average molecular weight is 361 g/mol. The van der Waals surface area contributed by atoms with E-state index in [1.807, 2.05) is 18.2 Å². The minimum atomic E-state index is -0.249. The Kier molecular flexibility index (Phi) is 4.46. The lowest BCUT2D eigenvalue weighted by Crippen LogP contribution is -2.16. The first-order chi connectivity index (χ1) is 13.1. The van der Waals surface area contributed by atoms with Crippen molar-refractivity contribution < 1.29 is 14.0 Å². The molecule has 6 heteroatoms. The summed E-state index contributed by atoms with van der Waals surface area (Å²) >= 11 is 0. The smallest absolute Gasteiger partial charge is 0.255 e. The lowest BCUT2D eigenvalue weighted by molar-refractivity contribution is -0.117. The number of amides is 2. The fraction of sp³-hybridized carbons (Fsp3) is 0.190. The molecule has 0 saturated heterocycles. The van der Waals surface area contributed by atoms with E-state index in [-0.39, 0.29) is 17.7 Å². The summed E-state index contributed by atoms with van der Waals surface area (Å²) in [6.07, 6.45) is 3.91. The summed E-state index contributed by atoms with van der Waals surface area (Å²) in [5, 5.41) is 5.75. The van der Waals surface area contributed by atoms with Gasteiger partial charge in [0.15, 0.2) is 12.2 Å². The van der Waals surface area contributed by atoms with Gasteiger partial charge in [0.1, 0.15) is 0 Å². The highest BCUT2D eigenvalue weighted by Crippen LogP contribution is 2.38. The number of carbonyl (C=O) groups excluding carboxylic acids is 2. The summed E-state index contributed by atoms with van der Waals surface area (Å²) in [6.45, 7) is 2.06. The molecule has 3 aromatic rings. The monoisotopic (exact) mass is 361 g/mol. The Balaban J connectivity index is 1.46. The molecule has 2 aromatic carbocycles. The van der Waals surface area contributed by atoms with E-state index in [1.54, 1.807) is 36.5 Å². The zero-order valence-electron chi connectivity index (χ0n) is 14.8. The van der Waals surface area contributed by atoms with Crippen molar-refractivity contribution in [3.05, 3.63) is 66.7 Å². The SMILES string of the molecule is CC1CC1C(=O)Nc1cccc(C(=O)Nc2cccc(-c3cnco3)c2)c1. The van der Waals surface area contributed by atoms with E-state index in [0.717, 1.165) is 12.0 Å². The van der Waals surface area contributed by atoms with Crippen molar-refractivity contribution in [3.63, 3.8) is 0 Å². The number of rotatable bonds is 5. The zero-order chi connectivity index (χ0) is 18.8. The second-order valence-electron chi connectivity index (χ2n) is 6.79. The zero-order valence-corrected chi connectivity index (χ0v) is 14.8. The fourth-order valence-corrected chi connectivity index (χ4v) is 2.97. The number of nitrogens with zero attached hydrogens (tertiary/aromatic N) is 1. The molecule has 0 spiro atoms. The molecule has 0 aliphatic heterocycles. The molecule has 1 aromatic heterocycles. The van der Waals surface area contributed by atoms with Crippen LogP contribution in [0.2, 0.25) is 0 Å². The number of oxazole rings is 1. The van der Waals surface area contributed by atoms with Crippen LogP contribution in [0.3, 0.4) is 0 Å². The first-order valence-electron chi connectivity index (χ1n) is 8.81. The molecule has 1 heterocycles. The third-order valence-electron chi connectivity index (χ3n) is 4.68. The van der Waals surface area contributed by atoms with Gasteiger partial charge in [0, 0.05) is 28.4 Å². The number of aromatic nitrogens is 1. The van der Waals surface area contributed by atoms with Crippen molar-refractivity contribution >= 4 is 23.2 Å². The van der Waals surface area contributed by atoms with Crippen molar-refractivity contribution in [1.82, 2.24) is 4.98 Å². The Bertz CT molecular complexity index is 982. The number of hydrogen-bond acceptors (Lipinski definition) is 4. The van der Waals surface area contributed by atoms with Gasteiger partial charge in [0.05, 0.1) is 6.20 Å². The topological polar surface area (TPSA) is 84.2 Å². The maximum absolute atomic E-state index is 12.6. The van der Waals surface area contributed by atoms with Crippen LogP contribution >= 0.6 is 0 Å². The van der Waals surface area contributed by atoms with Gasteiger partial charge in [-0.2, -0.15) is 0 Å². The van der Waals surface area contributed by atoms with Gasteiger partial charge in [-0.05, 0) is 42.7 Å². The standard InChI is InChI=1S/C21H19N3O3/c1-13-8-18(13)21(26)24-17-7-3-5-15(10-17)20(25)23-16-6-2-4-14(9-16)19-11-22-12-27-19/h2-7,9-13,18H,8H2,1H3,(H,23,25)(H,24,26). The molecule has 0 radical (unpaired) electrons. The van der Waals surface area contributed by atoms with E-state index in [9.17, 15) is 9.59 Å². The summed E-state index contributed by atoms with van der Waals surface area (Å²) < 4.78 is 5.28. The van der Waals surface area contributed by atoms with Crippen LogP contribution in [-0.2, 0) is 4.79 Å². The van der Waals surface area contributed by atoms with Crippen molar-refractivity contribution in [2.24, 2.45) is 11.8 Å². The first kappa shape index (κ1) is 17.0. The van der Waals surface area contributed by atoms with Crippen LogP contribution < -0.4 is 10.6 Å². The Morgan fingerprint density at radius 1 is 1.07 bits per heavy atom. The highest BCUT2D eigenvalue weighted by molar-refractivity contribution is 6.05. The van der Waals surface area contributed by atoms with E-state index in [1.165, 1.54) is 6.39 Å². The highest BCUT2D eigenvalue weighted by Gasteiger charge is 2.39. The minimum absolute atomic E-state index is 0.0137. The molecular formula is C21H19N3O3. The largest absolute Gasteiger partial charge is 0.444 e. The molecule has 4 rings (SSSR count). The number of anilines is 2. The van der Waals surface area contributed by atoms with Crippen LogP contribution in [0.4, 0.5) is 11.4 Å². The van der Waals surface area contributed by atoms with Gasteiger partial charge in [-0.25, -0.2) is 4.98 Å². The van der Waals surface area contributed by atoms with Crippen molar-refractivity contribution in [1.29, 1.82) is 0 Å². The van der Waals surface area contributed by atoms with Crippen LogP contribution in [0.1, 0.15) is 23.7 Å². The van der Waals surface area contributed by atoms with Crippen LogP contribution in [0.25, 0.3) is 11.3 Å². The third kappa shape index (κ3) is 3.89. The Morgan fingerprint density at radius 2 is 1.81 bits per heavy atom. The van der Waals surface area contributed by atoms with Crippen molar-refractivity contribution in [3.8, 4) is 11.3 Å². The molecule has 1 saturated carbocycles. The molecule has 1 aliphatic rings. The first-order valence-corrected chi connectivity index (χ1v) is 8.81. The molecule has 136 valence electrons. The molecule has 2 amide bonds. The molecule has 2 atom stereocenters. The summed E-state index contributed by atoms with van der Waals surface area (Å²) in [5.74, 6) is 0.917. The Morgan fingerprint density at radius 3 is 2.52 bits per heavy atom. The van der Waals surface area contributed by atoms with Crippen LogP contribution in [0, 0.1) is 11.8 Å². The molecule has 6 nitrogen and oxygen atoms in total. The highest BCUT2D eigenvalue weighted by atomic mass is 16.3. The van der Waals surface area contributed by atoms with Gasteiger partial charge in [0.2, 0.25) is 5.91 Å². The van der Waals surface area contributed by atoms with Crippen LogP contribution in [0.15, 0.2) is 65.5 Å². The van der Waals surface area contributed by atoms with E-state index in [4.69, 9.17) is 4.42 Å². The molecule has 1 aliphatic carbocycles. The molecule has 27 heavy (non-hydrogen) atoms. The van der Waals surface area contributed by atoms with Crippen molar-refractivity contribution in [2.45, 2.75) is 13.3 Å². The number of carbonyl (C=O) groups is 2. The Hall–Kier alpha value is -3.41. The van der Waals surface area contributed by atoms with Crippen LogP contribution in [0.5, 0.6) is 0 Å². The van der Waals surface area contributed by atoms with E-state index in [0.29, 0.717) is 28.6 Å². The maximum Gasteiger partial charge on any atom is 0.255 e. The van der Waals surface area contributed by atoms with Gasteiger partial charge in [-0.15, -0.1) is 0 Å². The summed E-state index contributed by atoms with van der Waals surface area (Å²) in [6, 6.07) is 14.3. The molecule has 2 N–H and O–H groups in total. The van der Waals surface area contributed by atoms with Gasteiger partial charge in [-0.3, -0.25) is 9.59 Å². The lowest BCUT2D eigenvalue weighted by Gasteiger charge is -2.09. The Labute approximate surface area is 156 Å². The van der Waals surface area contributed by atoms with E-state index in [2.05, 4.69) is 22.5 Å². The normalized spacial score (nSPS) is 18.0. The predicted octanol–water partition coefficient (Wildman–Crippen LogP) is 4.19. The number of nitrogens with one attached hydrogen (secondary N) is 2. The lowest BCUT2D eigenvalue weighted by atomic mass is 10.1. The molecule has 1 fully saturated rings. The van der Waals surface area contributed by atoms with Gasteiger partial charge >= 0.3 is 0 Å².